The molecule has 2 aromatic carbocycles. The van der Waals surface area contributed by atoms with Gasteiger partial charge in [0.15, 0.2) is 0 Å². The van der Waals surface area contributed by atoms with Crippen molar-refractivity contribution in [1.82, 2.24) is 9.88 Å². The summed E-state index contributed by atoms with van der Waals surface area (Å²) in [6.07, 6.45) is 0. The summed E-state index contributed by atoms with van der Waals surface area (Å²) in [6, 6.07) is 20.3. The number of nitrogens with zero attached hydrogens (tertiary/aromatic N) is 3. The first kappa shape index (κ1) is 19.3. The molecule has 5 heteroatoms. The number of nitriles is 1. The van der Waals surface area contributed by atoms with Crippen molar-refractivity contribution in [1.29, 1.82) is 5.26 Å². The van der Waals surface area contributed by atoms with E-state index in [0.29, 0.717) is 5.56 Å². The van der Waals surface area contributed by atoms with Gasteiger partial charge in [0.25, 0.3) is 0 Å². The van der Waals surface area contributed by atoms with Gasteiger partial charge in [-0.25, -0.2) is 4.98 Å². The van der Waals surface area contributed by atoms with Crippen LogP contribution in [0.4, 0.5) is 0 Å². The molecule has 0 radical (unpaired) electrons. The van der Waals surface area contributed by atoms with Crippen molar-refractivity contribution in [3.05, 3.63) is 60.2 Å². The van der Waals surface area contributed by atoms with Crippen molar-refractivity contribution in [2.24, 2.45) is 0 Å². The van der Waals surface area contributed by atoms with Crippen LogP contribution in [-0.2, 0) is 0 Å². The first-order valence-corrected chi connectivity index (χ1v) is 8.84. The minimum atomic E-state index is 0. The Hall–Kier alpha value is -2.06. The number of hydrogen-bond acceptors (Lipinski definition) is 4. The van der Waals surface area contributed by atoms with E-state index in [9.17, 15) is 0 Å². The maximum absolute atomic E-state index is 8.99. The van der Waals surface area contributed by atoms with Gasteiger partial charge in [-0.3, -0.25) is 0 Å². The van der Waals surface area contributed by atoms with Gasteiger partial charge in [-0.05, 0) is 43.9 Å². The van der Waals surface area contributed by atoms with Crippen molar-refractivity contribution in [3.63, 3.8) is 0 Å². The van der Waals surface area contributed by atoms with Crippen LogP contribution in [0.1, 0.15) is 5.56 Å². The van der Waals surface area contributed by atoms with E-state index in [-0.39, 0.29) is 12.4 Å². The van der Waals surface area contributed by atoms with Crippen molar-refractivity contribution in [2.45, 2.75) is 5.03 Å². The topological polar surface area (TPSA) is 39.9 Å². The third-order valence-corrected chi connectivity index (χ3v) is 4.76. The van der Waals surface area contributed by atoms with Crippen LogP contribution in [-0.4, -0.2) is 36.3 Å². The predicted molar refractivity (Wildman–Crippen MR) is 108 cm³/mol. The van der Waals surface area contributed by atoms with Crippen LogP contribution in [0.3, 0.4) is 0 Å². The molecule has 0 bridgehead atoms. The third-order valence-electron chi connectivity index (χ3n) is 3.79. The summed E-state index contributed by atoms with van der Waals surface area (Å²) in [6.45, 7) is 1.01. The van der Waals surface area contributed by atoms with E-state index in [1.165, 1.54) is 0 Å². The Labute approximate surface area is 159 Å². The predicted octanol–water partition coefficient (Wildman–Crippen LogP) is 4.85. The van der Waals surface area contributed by atoms with E-state index < -0.39 is 0 Å². The van der Waals surface area contributed by atoms with Gasteiger partial charge in [0, 0.05) is 23.2 Å². The Kier molecular flexibility index (Phi) is 6.83. The standard InChI is InChI=1S/C20H19N3S.ClH/c1-23(2)11-12-24-20-18(16-9-7-15(14-21)8-10-16)13-17-5-3-4-6-19(17)22-20;/h3-10,13H,11-12H2,1-2H3;1H. The molecular formula is C20H20ClN3S. The highest BCUT2D eigenvalue weighted by atomic mass is 35.5. The molecule has 0 fully saturated rings. The van der Waals surface area contributed by atoms with Gasteiger partial charge in [-0.1, -0.05) is 30.3 Å². The third kappa shape index (κ3) is 4.73. The summed E-state index contributed by atoms with van der Waals surface area (Å²) >= 11 is 1.78. The van der Waals surface area contributed by atoms with Crippen molar-refractivity contribution in [2.75, 3.05) is 26.4 Å². The summed E-state index contributed by atoms with van der Waals surface area (Å²) in [5.74, 6) is 0.988. The highest BCUT2D eigenvalue weighted by Crippen LogP contribution is 2.33. The van der Waals surface area contributed by atoms with E-state index in [2.05, 4.69) is 37.2 Å². The molecule has 0 aliphatic carbocycles. The second kappa shape index (κ2) is 8.87. The minimum Gasteiger partial charge on any atom is -0.309 e. The van der Waals surface area contributed by atoms with Gasteiger partial charge in [0.1, 0.15) is 5.03 Å². The Morgan fingerprint density at radius 1 is 1.08 bits per heavy atom. The Balaban J connectivity index is 0.00000225. The Morgan fingerprint density at radius 2 is 1.80 bits per heavy atom. The van der Waals surface area contributed by atoms with Gasteiger partial charge in [0.05, 0.1) is 17.1 Å². The molecule has 0 unspecified atom stereocenters. The van der Waals surface area contributed by atoms with Crippen LogP contribution < -0.4 is 0 Å². The number of benzene rings is 2. The maximum atomic E-state index is 8.99. The fourth-order valence-corrected chi connectivity index (χ4v) is 3.61. The second-order valence-electron chi connectivity index (χ2n) is 5.87. The number of thioether (sulfide) groups is 1. The lowest BCUT2D eigenvalue weighted by atomic mass is 10.0. The zero-order valence-corrected chi connectivity index (χ0v) is 15.9. The smallest absolute Gasteiger partial charge is 0.105 e. The number of para-hydroxylation sites is 1. The number of hydrogen-bond donors (Lipinski definition) is 0. The highest BCUT2D eigenvalue weighted by molar-refractivity contribution is 7.99. The summed E-state index contributed by atoms with van der Waals surface area (Å²) in [7, 11) is 4.16. The first-order valence-electron chi connectivity index (χ1n) is 7.85. The monoisotopic (exact) mass is 369 g/mol. The molecule has 0 saturated heterocycles. The molecule has 0 atom stereocenters. The van der Waals surface area contributed by atoms with Crippen molar-refractivity contribution in [3.8, 4) is 17.2 Å². The number of rotatable bonds is 5. The summed E-state index contributed by atoms with van der Waals surface area (Å²) in [5, 5.41) is 11.2. The van der Waals surface area contributed by atoms with E-state index in [1.54, 1.807) is 11.8 Å². The van der Waals surface area contributed by atoms with Crippen LogP contribution in [0.25, 0.3) is 22.0 Å². The molecule has 0 aliphatic heterocycles. The normalized spacial score (nSPS) is 10.5. The average molecular weight is 370 g/mol. The van der Waals surface area contributed by atoms with Gasteiger partial charge in [-0.2, -0.15) is 5.26 Å². The molecule has 3 rings (SSSR count). The molecule has 3 nitrogen and oxygen atoms in total. The van der Waals surface area contributed by atoms with Gasteiger partial charge in [0.2, 0.25) is 0 Å². The first-order chi connectivity index (χ1) is 11.7. The lowest BCUT2D eigenvalue weighted by molar-refractivity contribution is 0.437. The lowest BCUT2D eigenvalue weighted by Crippen LogP contribution is -2.14. The summed E-state index contributed by atoms with van der Waals surface area (Å²) in [5.41, 5.74) is 3.91. The fourth-order valence-electron chi connectivity index (χ4n) is 2.46. The molecular weight excluding hydrogens is 350 g/mol. The van der Waals surface area contributed by atoms with Crippen molar-refractivity contribution < 1.29 is 0 Å². The van der Waals surface area contributed by atoms with Crippen LogP contribution >= 0.6 is 24.2 Å². The Bertz CT molecular complexity index is 886. The summed E-state index contributed by atoms with van der Waals surface area (Å²) in [4.78, 5) is 7.05. The average Bonchev–Trinajstić information content (AvgIpc) is 2.61. The van der Waals surface area contributed by atoms with E-state index in [4.69, 9.17) is 10.2 Å². The molecule has 0 saturated carbocycles. The molecule has 0 spiro atoms. The number of fused-ring (bicyclic) bond motifs is 1. The lowest BCUT2D eigenvalue weighted by Gasteiger charge is -2.13. The zero-order chi connectivity index (χ0) is 16.9. The van der Waals surface area contributed by atoms with E-state index in [1.807, 2.05) is 42.5 Å². The fraction of sp³-hybridized carbons (Fsp3) is 0.200. The number of halogens is 1. The number of aromatic nitrogens is 1. The molecule has 0 amide bonds. The molecule has 0 N–H and O–H groups in total. The number of pyridine rings is 1. The van der Waals surface area contributed by atoms with Crippen molar-refractivity contribution >= 4 is 35.1 Å². The van der Waals surface area contributed by atoms with Gasteiger partial charge >= 0.3 is 0 Å². The van der Waals surface area contributed by atoms with E-state index in [0.717, 1.165) is 39.4 Å². The molecule has 0 aliphatic rings. The van der Waals surface area contributed by atoms with E-state index >= 15 is 0 Å². The van der Waals surface area contributed by atoms with Crippen LogP contribution in [0, 0.1) is 11.3 Å². The molecule has 3 aromatic rings. The molecule has 128 valence electrons. The SMILES string of the molecule is CN(C)CCSc1nc2ccccc2cc1-c1ccc(C#N)cc1.Cl. The maximum Gasteiger partial charge on any atom is 0.105 e. The zero-order valence-electron chi connectivity index (χ0n) is 14.3. The van der Waals surface area contributed by atoms with Gasteiger partial charge in [-0.15, -0.1) is 24.2 Å². The van der Waals surface area contributed by atoms with Crippen LogP contribution in [0.5, 0.6) is 0 Å². The molecule has 1 heterocycles. The van der Waals surface area contributed by atoms with Crippen LogP contribution in [0.15, 0.2) is 59.6 Å². The highest BCUT2D eigenvalue weighted by Gasteiger charge is 2.10. The van der Waals surface area contributed by atoms with Gasteiger partial charge < -0.3 is 4.90 Å². The Morgan fingerprint density at radius 3 is 2.48 bits per heavy atom. The second-order valence-corrected chi connectivity index (χ2v) is 6.96. The minimum absolute atomic E-state index is 0. The quantitative estimate of drug-likeness (QED) is 0.603. The summed E-state index contributed by atoms with van der Waals surface area (Å²) < 4.78 is 0. The molecule has 25 heavy (non-hydrogen) atoms. The molecule has 1 aromatic heterocycles. The van der Waals surface area contributed by atoms with Crippen LogP contribution in [0.2, 0.25) is 0 Å². The largest absolute Gasteiger partial charge is 0.309 e.